The summed E-state index contributed by atoms with van der Waals surface area (Å²) in [6.07, 6.45) is -1.05. The summed E-state index contributed by atoms with van der Waals surface area (Å²) in [6, 6.07) is 10.2. The first-order chi connectivity index (χ1) is 13.3. The van der Waals surface area contributed by atoms with E-state index in [-0.39, 0.29) is 12.0 Å². The molecule has 0 spiro atoms. The van der Waals surface area contributed by atoms with E-state index in [9.17, 15) is 34.9 Å². The molecule has 0 heterocycles. The van der Waals surface area contributed by atoms with Gasteiger partial charge in [-0.1, -0.05) is 30.3 Å². The molecule has 0 aliphatic carbocycles. The van der Waals surface area contributed by atoms with E-state index in [0.29, 0.717) is 5.56 Å². The minimum absolute atomic E-state index is 0.0194. The number of benzene rings is 2. The number of nitrogens with zero attached hydrogens (tertiary/aromatic N) is 2. The van der Waals surface area contributed by atoms with Crippen LogP contribution in [0.15, 0.2) is 48.5 Å². The number of nitro benzene ring substituents is 2. The summed E-state index contributed by atoms with van der Waals surface area (Å²) in [7, 11) is 0. The summed E-state index contributed by atoms with van der Waals surface area (Å²) < 4.78 is 4.86. The molecule has 11 heteroatoms. The monoisotopic (exact) mass is 389 g/mol. The Hall–Kier alpha value is -4.02. The predicted octanol–water partition coefficient (Wildman–Crippen LogP) is 2.43. The summed E-state index contributed by atoms with van der Waals surface area (Å²) >= 11 is 0. The van der Waals surface area contributed by atoms with E-state index in [1.807, 2.05) is 0 Å². The molecule has 2 aromatic rings. The van der Waals surface area contributed by atoms with Crippen molar-refractivity contribution >= 4 is 23.4 Å². The van der Waals surface area contributed by atoms with Crippen LogP contribution in [0.3, 0.4) is 0 Å². The summed E-state index contributed by atoms with van der Waals surface area (Å²) in [5.41, 5.74) is -0.350. The number of aliphatic carboxylic acids is 1. The van der Waals surface area contributed by atoms with Gasteiger partial charge in [-0.15, -0.1) is 0 Å². The summed E-state index contributed by atoms with van der Waals surface area (Å²) in [6.45, 7) is -0.508. The smallest absolute Gasteiger partial charge is 0.408 e. The maximum absolute atomic E-state index is 11.9. The number of non-ortho nitro benzene ring substituents is 2. The molecule has 0 aliphatic heterocycles. The van der Waals surface area contributed by atoms with E-state index in [1.165, 1.54) is 0 Å². The third kappa shape index (κ3) is 5.76. The van der Waals surface area contributed by atoms with Crippen molar-refractivity contribution in [2.75, 3.05) is 0 Å². The number of nitro groups is 2. The molecule has 0 saturated heterocycles. The van der Waals surface area contributed by atoms with Crippen LogP contribution < -0.4 is 5.32 Å². The molecule has 0 radical (unpaired) electrons. The highest BCUT2D eigenvalue weighted by Gasteiger charge is 2.22. The zero-order valence-electron chi connectivity index (χ0n) is 14.3. The molecule has 1 amide bonds. The molecule has 2 N–H and O–H groups in total. The molecule has 0 fully saturated rings. The Bertz CT molecular complexity index is 868. The van der Waals surface area contributed by atoms with E-state index >= 15 is 0 Å². The van der Waals surface area contributed by atoms with Crippen molar-refractivity contribution in [1.29, 1.82) is 0 Å². The first-order valence-corrected chi connectivity index (χ1v) is 7.89. The van der Waals surface area contributed by atoms with Crippen LogP contribution in [0, 0.1) is 20.2 Å². The van der Waals surface area contributed by atoms with E-state index in [1.54, 1.807) is 30.3 Å². The van der Waals surface area contributed by atoms with Gasteiger partial charge in [0.1, 0.15) is 12.6 Å². The van der Waals surface area contributed by atoms with Crippen LogP contribution in [-0.4, -0.2) is 33.1 Å². The Balaban J connectivity index is 2.03. The van der Waals surface area contributed by atoms with Crippen molar-refractivity contribution in [3.8, 4) is 0 Å². The third-order valence-corrected chi connectivity index (χ3v) is 3.63. The topological polar surface area (TPSA) is 162 Å². The Kier molecular flexibility index (Phi) is 6.58. The largest absolute Gasteiger partial charge is 0.480 e. The van der Waals surface area contributed by atoms with Crippen LogP contribution in [0.5, 0.6) is 0 Å². The molecule has 11 nitrogen and oxygen atoms in total. The number of hydrogen-bond donors (Lipinski definition) is 2. The second kappa shape index (κ2) is 9.07. The van der Waals surface area contributed by atoms with Crippen molar-refractivity contribution in [3.63, 3.8) is 0 Å². The number of carboxylic acids is 1. The minimum Gasteiger partial charge on any atom is -0.480 e. The lowest BCUT2D eigenvalue weighted by atomic mass is 10.1. The molecule has 146 valence electrons. The highest BCUT2D eigenvalue weighted by atomic mass is 16.6. The van der Waals surface area contributed by atoms with Gasteiger partial charge >= 0.3 is 12.1 Å². The quantitative estimate of drug-likeness (QED) is 0.513. The van der Waals surface area contributed by atoms with Crippen molar-refractivity contribution in [2.24, 2.45) is 0 Å². The van der Waals surface area contributed by atoms with Gasteiger partial charge in [0, 0.05) is 24.1 Å². The molecule has 0 saturated carbocycles. The molecular formula is C17H15N3O8. The molecule has 0 aliphatic rings. The average Bonchev–Trinajstić information content (AvgIpc) is 2.66. The fraction of sp³-hybridized carbons (Fsp3) is 0.176. The molecule has 2 aromatic carbocycles. The number of carbonyl (C=O) groups is 2. The second-order valence-electron chi connectivity index (χ2n) is 5.67. The van der Waals surface area contributed by atoms with E-state index < -0.39 is 45.9 Å². The normalized spacial score (nSPS) is 11.3. The third-order valence-electron chi connectivity index (χ3n) is 3.63. The van der Waals surface area contributed by atoms with Gasteiger partial charge in [0.25, 0.3) is 11.4 Å². The van der Waals surface area contributed by atoms with Gasteiger partial charge in [0.15, 0.2) is 0 Å². The predicted molar refractivity (Wildman–Crippen MR) is 94.6 cm³/mol. The lowest BCUT2D eigenvalue weighted by Crippen LogP contribution is -2.42. The maximum Gasteiger partial charge on any atom is 0.408 e. The average molecular weight is 389 g/mol. The van der Waals surface area contributed by atoms with Crippen molar-refractivity contribution in [3.05, 3.63) is 79.9 Å². The molecule has 28 heavy (non-hydrogen) atoms. The lowest BCUT2D eigenvalue weighted by molar-refractivity contribution is -0.394. The Morgan fingerprint density at radius 2 is 1.57 bits per heavy atom. The van der Waals surface area contributed by atoms with Gasteiger partial charge < -0.3 is 15.2 Å². The number of amides is 1. The van der Waals surface area contributed by atoms with Crippen molar-refractivity contribution in [1.82, 2.24) is 5.32 Å². The lowest BCUT2D eigenvalue weighted by Gasteiger charge is -2.14. The molecular weight excluding hydrogens is 374 g/mol. The van der Waals surface area contributed by atoms with Crippen LogP contribution in [-0.2, 0) is 22.6 Å². The number of ether oxygens (including phenoxy) is 1. The Morgan fingerprint density at radius 3 is 2.07 bits per heavy atom. The fourth-order valence-electron chi connectivity index (χ4n) is 2.33. The summed E-state index contributed by atoms with van der Waals surface area (Å²) in [5.74, 6) is -1.27. The van der Waals surface area contributed by atoms with E-state index in [0.717, 1.165) is 18.2 Å². The molecule has 0 unspecified atom stereocenters. The van der Waals surface area contributed by atoms with Crippen LogP contribution in [0.25, 0.3) is 0 Å². The van der Waals surface area contributed by atoms with Gasteiger partial charge in [0.05, 0.1) is 15.9 Å². The van der Waals surface area contributed by atoms with Gasteiger partial charge in [-0.05, 0) is 5.56 Å². The summed E-state index contributed by atoms with van der Waals surface area (Å²) in [4.78, 5) is 43.3. The fourth-order valence-corrected chi connectivity index (χ4v) is 2.33. The SMILES string of the molecule is O=C(N[C@H](Cc1ccccc1)C(=O)O)OCc1cc([N+](=O)[O-])cc([N+](=O)[O-])c1. The second-order valence-corrected chi connectivity index (χ2v) is 5.67. The molecule has 0 aromatic heterocycles. The highest BCUT2D eigenvalue weighted by molar-refractivity contribution is 5.80. The minimum atomic E-state index is -1.27. The number of nitrogens with one attached hydrogen (secondary N) is 1. The van der Waals surface area contributed by atoms with Gasteiger partial charge in [-0.3, -0.25) is 20.2 Å². The van der Waals surface area contributed by atoms with Crippen LogP contribution in [0.1, 0.15) is 11.1 Å². The molecule has 2 rings (SSSR count). The van der Waals surface area contributed by atoms with Crippen LogP contribution in [0.4, 0.5) is 16.2 Å². The number of alkyl carbamates (subject to hydrolysis) is 1. The zero-order valence-corrected chi connectivity index (χ0v) is 14.3. The summed E-state index contributed by atoms with van der Waals surface area (Å²) in [5, 5.41) is 33.1. The van der Waals surface area contributed by atoms with Gasteiger partial charge in [-0.25, -0.2) is 9.59 Å². The van der Waals surface area contributed by atoms with Gasteiger partial charge in [-0.2, -0.15) is 0 Å². The molecule has 0 bridgehead atoms. The standard InChI is InChI=1S/C17H15N3O8/c21-16(22)15(8-11-4-2-1-3-5-11)18-17(23)28-10-12-6-13(19(24)25)9-14(7-12)20(26)27/h1-7,9,15H,8,10H2,(H,18,23)(H,21,22)/t15-/m1/s1. The van der Waals surface area contributed by atoms with Crippen LogP contribution >= 0.6 is 0 Å². The Morgan fingerprint density at radius 1 is 1.00 bits per heavy atom. The van der Waals surface area contributed by atoms with E-state index in [4.69, 9.17) is 4.74 Å². The Labute approximate surface area is 157 Å². The van der Waals surface area contributed by atoms with E-state index in [2.05, 4.69) is 5.32 Å². The maximum atomic E-state index is 11.9. The van der Waals surface area contributed by atoms with Crippen molar-refractivity contribution in [2.45, 2.75) is 19.1 Å². The van der Waals surface area contributed by atoms with Crippen LogP contribution in [0.2, 0.25) is 0 Å². The van der Waals surface area contributed by atoms with Gasteiger partial charge in [0.2, 0.25) is 0 Å². The number of hydrogen-bond acceptors (Lipinski definition) is 7. The number of rotatable bonds is 8. The first kappa shape index (κ1) is 20.3. The first-order valence-electron chi connectivity index (χ1n) is 7.89. The number of carboxylic acid groups (broad SMARTS) is 1. The number of carbonyl (C=O) groups excluding carboxylic acids is 1. The van der Waals surface area contributed by atoms with Crippen molar-refractivity contribution < 1.29 is 29.3 Å². The molecule has 1 atom stereocenters. The highest BCUT2D eigenvalue weighted by Crippen LogP contribution is 2.23. The zero-order chi connectivity index (χ0) is 20.7.